The number of hydrogen-bond acceptors (Lipinski definition) is 6. The van der Waals surface area contributed by atoms with Crippen LogP contribution in [0, 0.1) is 0 Å². The fraction of sp³-hybridized carbons (Fsp3) is 0.238. The van der Waals surface area contributed by atoms with Crippen molar-refractivity contribution in [3.63, 3.8) is 0 Å². The van der Waals surface area contributed by atoms with E-state index in [2.05, 4.69) is 10.6 Å². The highest BCUT2D eigenvalue weighted by Crippen LogP contribution is 2.31. The van der Waals surface area contributed by atoms with Crippen molar-refractivity contribution in [2.24, 2.45) is 0 Å². The lowest BCUT2D eigenvalue weighted by Gasteiger charge is -2.29. The number of carbonyl (C=O) groups is 2. The Labute approximate surface area is 185 Å². The van der Waals surface area contributed by atoms with Gasteiger partial charge in [0.2, 0.25) is 0 Å². The molecule has 2 aromatic rings. The molecule has 0 radical (unpaired) electrons. The predicted molar refractivity (Wildman–Crippen MR) is 115 cm³/mol. The number of sulfone groups is 1. The van der Waals surface area contributed by atoms with E-state index in [4.69, 9.17) is 21.1 Å². The summed E-state index contributed by atoms with van der Waals surface area (Å²) in [6, 6.07) is 11.0. The van der Waals surface area contributed by atoms with Crippen molar-refractivity contribution in [1.29, 1.82) is 0 Å². The van der Waals surface area contributed by atoms with Crippen LogP contribution in [0.15, 0.2) is 64.7 Å². The third-order valence-electron chi connectivity index (χ3n) is 4.57. The molecule has 0 saturated carbocycles. The van der Waals surface area contributed by atoms with Crippen molar-refractivity contribution >= 4 is 33.4 Å². The van der Waals surface area contributed by atoms with Crippen LogP contribution < -0.4 is 15.4 Å². The van der Waals surface area contributed by atoms with Gasteiger partial charge in [-0.05, 0) is 42.8 Å². The first-order chi connectivity index (χ1) is 14.7. The van der Waals surface area contributed by atoms with Gasteiger partial charge in [0.15, 0.2) is 9.84 Å². The van der Waals surface area contributed by atoms with Gasteiger partial charge in [-0.3, -0.25) is 0 Å². The lowest BCUT2D eigenvalue weighted by molar-refractivity contribution is -0.139. The van der Waals surface area contributed by atoms with E-state index in [1.165, 1.54) is 25.3 Å². The van der Waals surface area contributed by atoms with E-state index in [0.717, 1.165) is 0 Å². The summed E-state index contributed by atoms with van der Waals surface area (Å²) in [6.07, 6.45) is 0. The molecule has 0 bridgehead atoms. The van der Waals surface area contributed by atoms with Crippen molar-refractivity contribution in [2.45, 2.75) is 17.9 Å². The highest BCUT2D eigenvalue weighted by atomic mass is 35.5. The van der Waals surface area contributed by atoms with Crippen LogP contribution in [0.1, 0.15) is 18.5 Å². The fourth-order valence-electron chi connectivity index (χ4n) is 3.19. The second kappa shape index (κ2) is 9.40. The third-order valence-corrected chi connectivity index (χ3v) is 6.44. The molecule has 2 aromatic carbocycles. The molecule has 8 nitrogen and oxygen atoms in total. The highest BCUT2D eigenvalue weighted by molar-refractivity contribution is 7.91. The number of amides is 2. The normalized spacial score (nSPS) is 16.4. The lowest BCUT2D eigenvalue weighted by atomic mass is 9.95. The van der Waals surface area contributed by atoms with Gasteiger partial charge in [0, 0.05) is 10.7 Å². The monoisotopic (exact) mass is 464 g/mol. The molecule has 31 heavy (non-hydrogen) atoms. The predicted octanol–water partition coefficient (Wildman–Crippen LogP) is 2.99. The van der Waals surface area contributed by atoms with Crippen molar-refractivity contribution in [1.82, 2.24) is 10.6 Å². The molecule has 10 heteroatoms. The molecule has 0 aromatic heterocycles. The molecular formula is C21H21ClN2O6S. The van der Waals surface area contributed by atoms with Crippen LogP contribution >= 0.6 is 11.6 Å². The number of rotatable bonds is 7. The van der Waals surface area contributed by atoms with Crippen LogP contribution in [0.4, 0.5) is 4.79 Å². The van der Waals surface area contributed by atoms with Crippen LogP contribution in [0.5, 0.6) is 5.75 Å². The Morgan fingerprint density at radius 2 is 1.90 bits per heavy atom. The number of halogens is 1. The quantitative estimate of drug-likeness (QED) is 0.609. The first kappa shape index (κ1) is 22.6. The first-order valence-electron chi connectivity index (χ1n) is 9.35. The number of methoxy groups -OCH3 is 1. The molecule has 2 N–H and O–H groups in total. The molecule has 0 fully saturated rings. The van der Waals surface area contributed by atoms with Gasteiger partial charge in [-0.25, -0.2) is 18.0 Å². The molecule has 1 aliphatic heterocycles. The molecule has 0 spiro atoms. The van der Waals surface area contributed by atoms with E-state index in [0.29, 0.717) is 11.3 Å². The Hall–Kier alpha value is -3.04. The third kappa shape index (κ3) is 5.18. The van der Waals surface area contributed by atoms with E-state index in [1.807, 2.05) is 0 Å². The summed E-state index contributed by atoms with van der Waals surface area (Å²) in [5.41, 5.74) is 0.477. The van der Waals surface area contributed by atoms with E-state index in [9.17, 15) is 18.0 Å². The summed E-state index contributed by atoms with van der Waals surface area (Å²) in [4.78, 5) is 25.1. The molecule has 164 valence electrons. The van der Waals surface area contributed by atoms with Gasteiger partial charge in [0.1, 0.15) is 5.75 Å². The van der Waals surface area contributed by atoms with Gasteiger partial charge >= 0.3 is 12.0 Å². The smallest absolute Gasteiger partial charge is 0.338 e. The van der Waals surface area contributed by atoms with E-state index in [1.54, 1.807) is 37.3 Å². The number of urea groups is 1. The number of ether oxygens (including phenoxy) is 2. The van der Waals surface area contributed by atoms with E-state index in [-0.39, 0.29) is 27.8 Å². The zero-order valence-corrected chi connectivity index (χ0v) is 18.4. The lowest BCUT2D eigenvalue weighted by Crippen LogP contribution is -2.47. The van der Waals surface area contributed by atoms with E-state index < -0.39 is 33.6 Å². The average Bonchev–Trinajstić information content (AvgIpc) is 2.73. The summed E-state index contributed by atoms with van der Waals surface area (Å²) < 4.78 is 36.4. The summed E-state index contributed by atoms with van der Waals surface area (Å²) in [6.45, 7) is 1.71. The molecule has 1 aliphatic rings. The minimum atomic E-state index is -3.92. The van der Waals surface area contributed by atoms with Crippen molar-refractivity contribution in [3.05, 3.63) is 70.4 Å². The van der Waals surface area contributed by atoms with Crippen molar-refractivity contribution < 1.29 is 27.5 Å². The second-order valence-electron chi connectivity index (χ2n) is 6.64. The maximum absolute atomic E-state index is 13.0. The molecule has 0 aliphatic carbocycles. The Morgan fingerprint density at radius 1 is 1.16 bits per heavy atom. The summed E-state index contributed by atoms with van der Waals surface area (Å²) in [5.74, 6) is -0.837. The SMILES string of the molecule is CCOC(=O)C1=C(CS(=O)(=O)c2cccc(Cl)c2)NC(=O)N[C@H]1c1cccc(OC)c1. The topological polar surface area (TPSA) is 111 Å². The largest absolute Gasteiger partial charge is 0.497 e. The number of esters is 1. The second-order valence-corrected chi connectivity index (χ2v) is 9.06. The number of hydrogen-bond donors (Lipinski definition) is 2. The summed E-state index contributed by atoms with van der Waals surface area (Å²) in [5, 5.41) is 5.37. The molecule has 3 rings (SSSR count). The zero-order chi connectivity index (χ0) is 22.6. The Balaban J connectivity index is 2.11. The number of benzene rings is 2. The summed E-state index contributed by atoms with van der Waals surface area (Å²) in [7, 11) is -2.43. The molecular weight excluding hydrogens is 444 g/mol. The van der Waals surface area contributed by atoms with Crippen LogP contribution in [-0.4, -0.2) is 39.9 Å². The van der Waals surface area contributed by atoms with Crippen molar-refractivity contribution in [2.75, 3.05) is 19.5 Å². The average molecular weight is 465 g/mol. The van der Waals surface area contributed by atoms with Gasteiger partial charge < -0.3 is 20.1 Å². The van der Waals surface area contributed by atoms with Gasteiger partial charge in [-0.15, -0.1) is 0 Å². The summed E-state index contributed by atoms with van der Waals surface area (Å²) >= 11 is 5.93. The van der Waals surface area contributed by atoms with Gasteiger partial charge in [-0.2, -0.15) is 0 Å². The van der Waals surface area contributed by atoms with E-state index >= 15 is 0 Å². The fourth-order valence-corrected chi connectivity index (χ4v) is 4.81. The minimum absolute atomic E-state index is 0.000283. The standard InChI is InChI=1S/C21H21ClN2O6S/c1-3-30-20(25)18-17(12-31(27,28)16-9-5-7-14(22)11-16)23-21(26)24-19(18)13-6-4-8-15(10-13)29-2/h4-11,19H,3,12H2,1-2H3,(H2,23,24,26)/t19-/m0/s1. The molecule has 2 amide bonds. The number of nitrogens with one attached hydrogen (secondary N) is 2. The van der Waals surface area contributed by atoms with Crippen LogP contribution in [-0.2, 0) is 19.4 Å². The van der Waals surface area contributed by atoms with Gasteiger partial charge in [0.05, 0.1) is 36.0 Å². The molecule has 0 unspecified atom stereocenters. The first-order valence-corrected chi connectivity index (χ1v) is 11.4. The van der Waals surface area contributed by atoms with Gasteiger partial charge in [0.25, 0.3) is 0 Å². The zero-order valence-electron chi connectivity index (χ0n) is 16.8. The maximum atomic E-state index is 13.0. The molecule has 0 saturated heterocycles. The minimum Gasteiger partial charge on any atom is -0.497 e. The Bertz CT molecular complexity index is 1150. The van der Waals surface area contributed by atoms with Crippen LogP contribution in [0.2, 0.25) is 5.02 Å². The Morgan fingerprint density at radius 3 is 2.58 bits per heavy atom. The number of carbonyl (C=O) groups excluding carboxylic acids is 2. The van der Waals surface area contributed by atoms with Crippen LogP contribution in [0.25, 0.3) is 0 Å². The maximum Gasteiger partial charge on any atom is 0.338 e. The van der Waals surface area contributed by atoms with Crippen LogP contribution in [0.3, 0.4) is 0 Å². The highest BCUT2D eigenvalue weighted by Gasteiger charge is 2.36. The molecule has 1 atom stereocenters. The van der Waals surface area contributed by atoms with Crippen molar-refractivity contribution in [3.8, 4) is 5.75 Å². The molecule has 1 heterocycles. The van der Waals surface area contributed by atoms with Gasteiger partial charge in [-0.1, -0.05) is 29.8 Å². The Kier molecular flexibility index (Phi) is 6.87.